The molecule has 0 aromatic rings. The van der Waals surface area contributed by atoms with Gasteiger partial charge in [0.05, 0.1) is 5.60 Å². The summed E-state index contributed by atoms with van der Waals surface area (Å²) in [7, 11) is 0. The summed E-state index contributed by atoms with van der Waals surface area (Å²) in [6.45, 7) is 7.88. The lowest BCUT2D eigenvalue weighted by molar-refractivity contribution is -0.169. The van der Waals surface area contributed by atoms with Crippen molar-refractivity contribution in [2.45, 2.75) is 65.1 Å². The SMILES string of the molecule is CC(=O)O[C@@H]1C[C@H](C)[C@@]23CC=C(C)[C@@H](C2)C[C@@](C)(O)[C@@H]13. The van der Waals surface area contributed by atoms with Gasteiger partial charge in [-0.2, -0.15) is 0 Å². The number of fused-ring (bicyclic) bond motifs is 1. The highest BCUT2D eigenvalue weighted by Crippen LogP contribution is 2.65. The molecule has 3 aliphatic carbocycles. The van der Waals surface area contributed by atoms with Crippen LogP contribution in [-0.2, 0) is 9.53 Å². The van der Waals surface area contributed by atoms with E-state index in [1.807, 2.05) is 6.92 Å². The number of carbonyl (C=O) groups excluding carboxylic acids is 1. The molecule has 0 heterocycles. The Morgan fingerprint density at radius 3 is 2.80 bits per heavy atom. The molecule has 20 heavy (non-hydrogen) atoms. The molecule has 6 atom stereocenters. The maximum atomic E-state index is 11.4. The van der Waals surface area contributed by atoms with E-state index in [1.165, 1.54) is 12.5 Å². The molecule has 1 spiro atoms. The van der Waals surface area contributed by atoms with Gasteiger partial charge in [-0.15, -0.1) is 0 Å². The van der Waals surface area contributed by atoms with Crippen LogP contribution in [0.3, 0.4) is 0 Å². The van der Waals surface area contributed by atoms with Crippen LogP contribution in [0, 0.1) is 23.2 Å². The summed E-state index contributed by atoms with van der Waals surface area (Å²) >= 11 is 0. The summed E-state index contributed by atoms with van der Waals surface area (Å²) in [6.07, 6.45) is 6.10. The average molecular weight is 278 g/mol. The third kappa shape index (κ3) is 1.86. The molecule has 3 nitrogen and oxygen atoms in total. The van der Waals surface area contributed by atoms with Crippen LogP contribution in [-0.4, -0.2) is 22.8 Å². The number of rotatable bonds is 1. The summed E-state index contributed by atoms with van der Waals surface area (Å²) < 4.78 is 5.58. The average Bonchev–Trinajstić information content (AvgIpc) is 2.57. The van der Waals surface area contributed by atoms with Crippen molar-refractivity contribution in [1.29, 1.82) is 0 Å². The Labute approximate surface area is 121 Å². The van der Waals surface area contributed by atoms with Gasteiger partial charge in [0.2, 0.25) is 0 Å². The van der Waals surface area contributed by atoms with E-state index in [4.69, 9.17) is 4.74 Å². The van der Waals surface area contributed by atoms with E-state index < -0.39 is 5.60 Å². The van der Waals surface area contributed by atoms with Crippen LogP contribution in [0.5, 0.6) is 0 Å². The Kier molecular flexibility index (Phi) is 3.06. The molecule has 3 heteroatoms. The second kappa shape index (κ2) is 4.33. The molecule has 3 rings (SSSR count). The Hall–Kier alpha value is -0.830. The first kappa shape index (κ1) is 14.1. The second-order valence-corrected chi connectivity index (χ2v) is 7.61. The van der Waals surface area contributed by atoms with Crippen molar-refractivity contribution >= 4 is 5.97 Å². The Bertz CT molecular complexity index is 465. The minimum atomic E-state index is -0.733. The van der Waals surface area contributed by atoms with Crippen molar-refractivity contribution in [2.24, 2.45) is 23.2 Å². The predicted molar refractivity (Wildman–Crippen MR) is 77.0 cm³/mol. The normalized spacial score (nSPS) is 50.4. The van der Waals surface area contributed by atoms with Crippen LogP contribution in [0.15, 0.2) is 11.6 Å². The molecule has 0 aliphatic heterocycles. The van der Waals surface area contributed by atoms with Crippen LogP contribution in [0.1, 0.15) is 53.4 Å². The van der Waals surface area contributed by atoms with Gasteiger partial charge >= 0.3 is 5.97 Å². The van der Waals surface area contributed by atoms with Crippen LogP contribution < -0.4 is 0 Å². The first-order valence-electron chi connectivity index (χ1n) is 7.82. The highest BCUT2D eigenvalue weighted by Gasteiger charge is 2.64. The minimum absolute atomic E-state index is 0.0782. The maximum Gasteiger partial charge on any atom is 0.302 e. The molecule has 0 aromatic heterocycles. The summed E-state index contributed by atoms with van der Waals surface area (Å²) in [5.41, 5.74) is 0.813. The van der Waals surface area contributed by atoms with Gasteiger partial charge < -0.3 is 9.84 Å². The van der Waals surface area contributed by atoms with Crippen LogP contribution in [0.4, 0.5) is 0 Å². The number of esters is 1. The molecule has 0 unspecified atom stereocenters. The van der Waals surface area contributed by atoms with Crippen molar-refractivity contribution < 1.29 is 14.6 Å². The van der Waals surface area contributed by atoms with Gasteiger partial charge in [-0.25, -0.2) is 0 Å². The molecule has 112 valence electrons. The Morgan fingerprint density at radius 1 is 1.45 bits per heavy atom. The molecular formula is C17H26O3. The van der Waals surface area contributed by atoms with Gasteiger partial charge in [-0.1, -0.05) is 18.6 Å². The van der Waals surface area contributed by atoms with Crippen molar-refractivity contribution in [3.05, 3.63) is 11.6 Å². The van der Waals surface area contributed by atoms with Gasteiger partial charge in [0.15, 0.2) is 0 Å². The van der Waals surface area contributed by atoms with E-state index in [-0.39, 0.29) is 23.4 Å². The molecule has 2 saturated carbocycles. The third-order valence-corrected chi connectivity index (χ3v) is 6.28. The molecule has 3 aliphatic rings. The van der Waals surface area contributed by atoms with Gasteiger partial charge in [-0.3, -0.25) is 4.79 Å². The topological polar surface area (TPSA) is 46.5 Å². The lowest BCUT2D eigenvalue weighted by Crippen LogP contribution is -2.56. The monoisotopic (exact) mass is 278 g/mol. The lowest BCUT2D eigenvalue weighted by Gasteiger charge is -2.55. The first-order chi connectivity index (χ1) is 9.26. The van der Waals surface area contributed by atoms with Crippen molar-refractivity contribution in [3.8, 4) is 0 Å². The van der Waals surface area contributed by atoms with Crippen molar-refractivity contribution in [1.82, 2.24) is 0 Å². The maximum absolute atomic E-state index is 11.4. The summed E-state index contributed by atoms with van der Waals surface area (Å²) in [4.78, 5) is 11.4. The van der Waals surface area contributed by atoms with Gasteiger partial charge in [-0.05, 0) is 56.8 Å². The summed E-state index contributed by atoms with van der Waals surface area (Å²) in [5.74, 6) is 0.846. The zero-order chi connectivity index (χ0) is 14.7. The minimum Gasteiger partial charge on any atom is -0.462 e. The fourth-order valence-corrected chi connectivity index (χ4v) is 5.48. The van der Waals surface area contributed by atoms with Crippen LogP contribution in [0.2, 0.25) is 0 Å². The van der Waals surface area contributed by atoms with Crippen molar-refractivity contribution in [3.63, 3.8) is 0 Å². The largest absolute Gasteiger partial charge is 0.462 e. The molecule has 0 saturated heterocycles. The molecule has 0 radical (unpaired) electrons. The molecule has 1 N–H and O–H groups in total. The zero-order valence-electron chi connectivity index (χ0n) is 13.0. The highest BCUT2D eigenvalue weighted by molar-refractivity contribution is 5.66. The van der Waals surface area contributed by atoms with Crippen LogP contribution >= 0.6 is 0 Å². The molecule has 2 bridgehead atoms. The predicted octanol–water partition coefficient (Wildman–Crippen LogP) is 3.07. The van der Waals surface area contributed by atoms with Gasteiger partial charge in [0.25, 0.3) is 0 Å². The van der Waals surface area contributed by atoms with E-state index in [0.29, 0.717) is 11.8 Å². The van der Waals surface area contributed by atoms with Crippen molar-refractivity contribution in [2.75, 3.05) is 0 Å². The van der Waals surface area contributed by atoms with E-state index in [0.717, 1.165) is 25.7 Å². The third-order valence-electron chi connectivity index (χ3n) is 6.28. The van der Waals surface area contributed by atoms with Gasteiger partial charge in [0.1, 0.15) is 6.10 Å². The van der Waals surface area contributed by atoms with E-state index in [2.05, 4.69) is 19.9 Å². The number of allylic oxidation sites excluding steroid dienone is 2. The highest BCUT2D eigenvalue weighted by atomic mass is 16.5. The fourth-order valence-electron chi connectivity index (χ4n) is 5.48. The number of ether oxygens (including phenoxy) is 1. The first-order valence-corrected chi connectivity index (χ1v) is 7.82. The molecule has 2 fully saturated rings. The second-order valence-electron chi connectivity index (χ2n) is 7.61. The number of hydrogen-bond acceptors (Lipinski definition) is 3. The quantitative estimate of drug-likeness (QED) is 0.592. The Morgan fingerprint density at radius 2 is 2.15 bits per heavy atom. The van der Waals surface area contributed by atoms with Gasteiger partial charge in [0, 0.05) is 12.8 Å². The number of carbonyl (C=O) groups is 1. The molecule has 0 amide bonds. The number of hydrogen-bond donors (Lipinski definition) is 1. The van der Waals surface area contributed by atoms with E-state index >= 15 is 0 Å². The summed E-state index contributed by atoms with van der Waals surface area (Å²) in [6, 6.07) is 0. The molecule has 0 aromatic carbocycles. The Balaban J connectivity index is 2.02. The fraction of sp³-hybridized carbons (Fsp3) is 0.824. The van der Waals surface area contributed by atoms with E-state index in [9.17, 15) is 9.90 Å². The van der Waals surface area contributed by atoms with Crippen LogP contribution in [0.25, 0.3) is 0 Å². The summed E-state index contributed by atoms with van der Waals surface area (Å²) in [5, 5.41) is 11.0. The number of aliphatic hydroxyl groups is 1. The molecular weight excluding hydrogens is 252 g/mol. The zero-order valence-corrected chi connectivity index (χ0v) is 13.0. The standard InChI is InChI=1S/C17H26O3/c1-10-5-6-17-9-13(10)8-16(4,19)15(17)14(7-11(17)2)20-12(3)18/h5,11,13-15,19H,6-9H2,1-4H3/t11-,13+,14+,15+,16+,17+/m0/s1. The van der Waals surface area contributed by atoms with E-state index in [1.54, 1.807) is 0 Å². The lowest BCUT2D eigenvalue weighted by atomic mass is 9.51. The smallest absolute Gasteiger partial charge is 0.302 e.